The SMILES string of the molecule is N=C(N)C(COCC1CCCC1)C(F)(F)F. The Bertz CT molecular complexity index is 237. The number of nitrogens with one attached hydrogen (secondary N) is 1. The Kier molecular flexibility index (Phi) is 4.58. The molecular formula is C10H17F3N2O. The van der Waals surface area contributed by atoms with Crippen molar-refractivity contribution in [2.45, 2.75) is 31.9 Å². The second-order valence-corrected chi connectivity index (χ2v) is 4.24. The second-order valence-electron chi connectivity index (χ2n) is 4.24. The van der Waals surface area contributed by atoms with Crippen LogP contribution in [0.1, 0.15) is 25.7 Å². The predicted molar refractivity (Wildman–Crippen MR) is 54.2 cm³/mol. The minimum Gasteiger partial charge on any atom is -0.387 e. The minimum atomic E-state index is -4.48. The third kappa shape index (κ3) is 4.00. The molecule has 0 spiro atoms. The van der Waals surface area contributed by atoms with E-state index < -0.39 is 24.5 Å². The van der Waals surface area contributed by atoms with Crippen molar-refractivity contribution in [2.75, 3.05) is 13.2 Å². The normalized spacial score (nSPS) is 19.9. The summed E-state index contributed by atoms with van der Waals surface area (Å²) in [6, 6.07) is 0. The first-order valence-electron chi connectivity index (χ1n) is 5.39. The van der Waals surface area contributed by atoms with Crippen LogP contribution in [0.25, 0.3) is 0 Å². The number of hydrogen-bond acceptors (Lipinski definition) is 2. The smallest absolute Gasteiger partial charge is 0.387 e. The summed E-state index contributed by atoms with van der Waals surface area (Å²) >= 11 is 0. The number of alkyl halides is 3. The van der Waals surface area contributed by atoms with Crippen molar-refractivity contribution in [2.24, 2.45) is 17.6 Å². The van der Waals surface area contributed by atoms with Gasteiger partial charge < -0.3 is 10.5 Å². The lowest BCUT2D eigenvalue weighted by atomic mass is 10.1. The molecular weight excluding hydrogens is 221 g/mol. The summed E-state index contributed by atoms with van der Waals surface area (Å²) in [5, 5.41) is 6.87. The zero-order chi connectivity index (χ0) is 12.2. The third-order valence-corrected chi connectivity index (χ3v) is 2.88. The van der Waals surface area contributed by atoms with E-state index in [9.17, 15) is 13.2 Å². The maximum absolute atomic E-state index is 12.4. The summed E-state index contributed by atoms with van der Waals surface area (Å²) in [6.45, 7) is -0.185. The molecule has 0 heterocycles. The predicted octanol–water partition coefficient (Wildman–Crippen LogP) is 2.31. The van der Waals surface area contributed by atoms with E-state index in [0.29, 0.717) is 12.5 Å². The molecule has 0 aromatic carbocycles. The molecule has 0 saturated heterocycles. The molecule has 0 bridgehead atoms. The fourth-order valence-electron chi connectivity index (χ4n) is 1.89. The van der Waals surface area contributed by atoms with E-state index in [1.807, 2.05) is 0 Å². The van der Waals surface area contributed by atoms with Gasteiger partial charge in [0.1, 0.15) is 11.8 Å². The number of rotatable bonds is 5. The van der Waals surface area contributed by atoms with Crippen LogP contribution in [-0.4, -0.2) is 25.2 Å². The summed E-state index contributed by atoms with van der Waals surface area (Å²) in [6.07, 6.45) is -0.179. The van der Waals surface area contributed by atoms with Crippen molar-refractivity contribution in [3.8, 4) is 0 Å². The van der Waals surface area contributed by atoms with Gasteiger partial charge in [0.05, 0.1) is 6.61 Å². The lowest BCUT2D eigenvalue weighted by Crippen LogP contribution is -2.38. The quantitative estimate of drug-likeness (QED) is 0.570. The van der Waals surface area contributed by atoms with E-state index in [2.05, 4.69) is 0 Å². The molecule has 0 amide bonds. The molecule has 1 atom stereocenters. The highest BCUT2D eigenvalue weighted by Gasteiger charge is 2.42. The summed E-state index contributed by atoms with van der Waals surface area (Å²) in [7, 11) is 0. The molecule has 6 heteroatoms. The summed E-state index contributed by atoms with van der Waals surface area (Å²) in [4.78, 5) is 0. The molecule has 1 aliphatic carbocycles. The maximum atomic E-state index is 12.4. The summed E-state index contributed by atoms with van der Waals surface area (Å²) in [5.41, 5.74) is 4.90. The first kappa shape index (κ1) is 13.3. The van der Waals surface area contributed by atoms with Gasteiger partial charge in [-0.3, -0.25) is 5.41 Å². The molecule has 1 aliphatic rings. The van der Waals surface area contributed by atoms with E-state index in [1.54, 1.807) is 0 Å². The zero-order valence-electron chi connectivity index (χ0n) is 9.02. The number of nitrogens with two attached hydrogens (primary N) is 1. The fourth-order valence-corrected chi connectivity index (χ4v) is 1.89. The molecule has 1 fully saturated rings. The van der Waals surface area contributed by atoms with Gasteiger partial charge in [0.25, 0.3) is 0 Å². The van der Waals surface area contributed by atoms with E-state index in [4.69, 9.17) is 15.9 Å². The Morgan fingerprint density at radius 3 is 2.38 bits per heavy atom. The molecule has 94 valence electrons. The highest BCUT2D eigenvalue weighted by Crippen LogP contribution is 2.28. The van der Waals surface area contributed by atoms with Gasteiger partial charge in [0.15, 0.2) is 0 Å². The molecule has 1 saturated carbocycles. The molecule has 0 radical (unpaired) electrons. The average Bonchev–Trinajstić information content (AvgIpc) is 2.61. The first-order chi connectivity index (χ1) is 7.41. The summed E-state index contributed by atoms with van der Waals surface area (Å²) < 4.78 is 42.1. The van der Waals surface area contributed by atoms with E-state index in [1.165, 1.54) is 0 Å². The van der Waals surface area contributed by atoms with Crippen molar-refractivity contribution >= 4 is 5.84 Å². The molecule has 0 aromatic rings. The van der Waals surface area contributed by atoms with Crippen LogP contribution >= 0.6 is 0 Å². The Morgan fingerprint density at radius 2 is 1.94 bits per heavy atom. The maximum Gasteiger partial charge on any atom is 0.400 e. The molecule has 3 nitrogen and oxygen atoms in total. The van der Waals surface area contributed by atoms with Gasteiger partial charge in [0, 0.05) is 6.61 Å². The van der Waals surface area contributed by atoms with Crippen LogP contribution in [0.3, 0.4) is 0 Å². The van der Waals surface area contributed by atoms with Crippen molar-refractivity contribution in [1.82, 2.24) is 0 Å². The van der Waals surface area contributed by atoms with Gasteiger partial charge >= 0.3 is 6.18 Å². The highest BCUT2D eigenvalue weighted by atomic mass is 19.4. The van der Waals surface area contributed by atoms with Gasteiger partial charge in [-0.15, -0.1) is 0 Å². The zero-order valence-corrected chi connectivity index (χ0v) is 9.02. The van der Waals surface area contributed by atoms with Gasteiger partial charge in [-0.05, 0) is 18.8 Å². The molecule has 16 heavy (non-hydrogen) atoms. The van der Waals surface area contributed by atoms with E-state index in [0.717, 1.165) is 25.7 Å². The van der Waals surface area contributed by atoms with E-state index in [-0.39, 0.29) is 0 Å². The fraction of sp³-hybridized carbons (Fsp3) is 0.900. The van der Waals surface area contributed by atoms with Crippen LogP contribution in [0, 0.1) is 17.2 Å². The Morgan fingerprint density at radius 1 is 1.38 bits per heavy atom. The Labute approximate surface area is 92.7 Å². The van der Waals surface area contributed by atoms with Gasteiger partial charge in [-0.1, -0.05) is 12.8 Å². The molecule has 1 rings (SSSR count). The summed E-state index contributed by atoms with van der Waals surface area (Å²) in [5.74, 6) is -2.46. The minimum absolute atomic E-state index is 0.347. The first-order valence-corrected chi connectivity index (χ1v) is 5.39. The standard InChI is InChI=1S/C10H17F3N2O/c11-10(12,13)8(9(14)15)6-16-5-7-3-1-2-4-7/h7-8H,1-6H2,(H3,14,15). The topological polar surface area (TPSA) is 59.1 Å². The van der Waals surface area contributed by atoms with Crippen molar-refractivity contribution in [3.05, 3.63) is 0 Å². The van der Waals surface area contributed by atoms with Gasteiger partial charge in [-0.25, -0.2) is 0 Å². The van der Waals surface area contributed by atoms with Crippen LogP contribution in [-0.2, 0) is 4.74 Å². The van der Waals surface area contributed by atoms with Crippen LogP contribution in [0.2, 0.25) is 0 Å². The third-order valence-electron chi connectivity index (χ3n) is 2.88. The largest absolute Gasteiger partial charge is 0.400 e. The van der Waals surface area contributed by atoms with Crippen LogP contribution in [0.15, 0.2) is 0 Å². The molecule has 3 N–H and O–H groups in total. The van der Waals surface area contributed by atoms with Crippen molar-refractivity contribution < 1.29 is 17.9 Å². The molecule has 0 aliphatic heterocycles. The lowest BCUT2D eigenvalue weighted by Gasteiger charge is -2.19. The second kappa shape index (κ2) is 5.52. The number of ether oxygens (including phenoxy) is 1. The van der Waals surface area contributed by atoms with Gasteiger partial charge in [0.2, 0.25) is 0 Å². The number of hydrogen-bond donors (Lipinski definition) is 2. The number of amidine groups is 1. The Hall–Kier alpha value is -0.780. The lowest BCUT2D eigenvalue weighted by molar-refractivity contribution is -0.169. The van der Waals surface area contributed by atoms with Crippen LogP contribution < -0.4 is 5.73 Å². The molecule has 0 aromatic heterocycles. The average molecular weight is 238 g/mol. The monoisotopic (exact) mass is 238 g/mol. The van der Waals surface area contributed by atoms with Crippen molar-refractivity contribution in [3.63, 3.8) is 0 Å². The van der Waals surface area contributed by atoms with Gasteiger partial charge in [-0.2, -0.15) is 13.2 Å². The highest BCUT2D eigenvalue weighted by molar-refractivity contribution is 5.80. The van der Waals surface area contributed by atoms with Crippen LogP contribution in [0.5, 0.6) is 0 Å². The van der Waals surface area contributed by atoms with Crippen molar-refractivity contribution in [1.29, 1.82) is 5.41 Å². The van der Waals surface area contributed by atoms with Crippen LogP contribution in [0.4, 0.5) is 13.2 Å². The van der Waals surface area contributed by atoms with E-state index >= 15 is 0 Å². The number of halogens is 3. The molecule has 1 unspecified atom stereocenters. The Balaban J connectivity index is 2.30.